The summed E-state index contributed by atoms with van der Waals surface area (Å²) in [6.07, 6.45) is 0. The second-order valence-electron chi connectivity index (χ2n) is 3.57. The van der Waals surface area contributed by atoms with E-state index in [1.165, 1.54) is 18.2 Å². The molecule has 2 rings (SSSR count). The lowest BCUT2D eigenvalue weighted by Crippen LogP contribution is -2.10. The standard InChI is InChI=1S/C12H7Br2ClO3S/c13-8-1-6-11(14)12(7-8)19(16,17)18-10-4-2-9(15)3-5-10/h1-7H. The van der Waals surface area contributed by atoms with Crippen LogP contribution in [0.15, 0.2) is 56.3 Å². The van der Waals surface area contributed by atoms with E-state index in [-0.39, 0.29) is 10.6 Å². The van der Waals surface area contributed by atoms with E-state index in [1.807, 2.05) is 0 Å². The molecule has 0 aliphatic heterocycles. The van der Waals surface area contributed by atoms with E-state index in [0.29, 0.717) is 14.0 Å². The minimum atomic E-state index is -3.90. The van der Waals surface area contributed by atoms with Gasteiger partial charge >= 0.3 is 10.1 Å². The van der Waals surface area contributed by atoms with E-state index in [4.69, 9.17) is 15.8 Å². The molecule has 100 valence electrons. The van der Waals surface area contributed by atoms with Crippen LogP contribution in [0.1, 0.15) is 0 Å². The molecule has 19 heavy (non-hydrogen) atoms. The summed E-state index contributed by atoms with van der Waals surface area (Å²) in [4.78, 5) is 0.0526. The van der Waals surface area contributed by atoms with Gasteiger partial charge in [-0.05, 0) is 58.4 Å². The molecule has 0 N–H and O–H groups in total. The summed E-state index contributed by atoms with van der Waals surface area (Å²) in [6.45, 7) is 0. The molecule has 0 aliphatic rings. The highest BCUT2D eigenvalue weighted by atomic mass is 79.9. The van der Waals surface area contributed by atoms with Crippen LogP contribution in [0, 0.1) is 0 Å². The molecule has 2 aromatic carbocycles. The molecule has 0 radical (unpaired) electrons. The van der Waals surface area contributed by atoms with Crippen LogP contribution in [0.3, 0.4) is 0 Å². The van der Waals surface area contributed by atoms with Crippen LogP contribution >= 0.6 is 43.5 Å². The van der Waals surface area contributed by atoms with E-state index in [2.05, 4.69) is 31.9 Å². The third kappa shape index (κ3) is 3.72. The van der Waals surface area contributed by atoms with Gasteiger partial charge in [0.05, 0.1) is 0 Å². The Balaban J connectivity index is 2.37. The van der Waals surface area contributed by atoms with Gasteiger partial charge in [-0.25, -0.2) is 0 Å². The van der Waals surface area contributed by atoms with Crippen molar-refractivity contribution in [3.8, 4) is 5.75 Å². The summed E-state index contributed by atoms with van der Waals surface area (Å²) in [6, 6.07) is 10.9. The maximum absolute atomic E-state index is 12.2. The number of benzene rings is 2. The van der Waals surface area contributed by atoms with Crippen molar-refractivity contribution in [2.75, 3.05) is 0 Å². The summed E-state index contributed by atoms with van der Waals surface area (Å²) < 4.78 is 30.4. The van der Waals surface area contributed by atoms with Crippen molar-refractivity contribution >= 4 is 53.6 Å². The Labute approximate surface area is 132 Å². The van der Waals surface area contributed by atoms with Gasteiger partial charge in [0.1, 0.15) is 10.6 Å². The van der Waals surface area contributed by atoms with Crippen molar-refractivity contribution < 1.29 is 12.6 Å². The highest BCUT2D eigenvalue weighted by molar-refractivity contribution is 9.11. The molecule has 0 atom stereocenters. The first-order valence-corrected chi connectivity index (χ1v) is 8.41. The van der Waals surface area contributed by atoms with E-state index in [9.17, 15) is 8.42 Å². The lowest BCUT2D eigenvalue weighted by Gasteiger charge is -2.09. The molecule has 0 fully saturated rings. The second kappa shape index (κ2) is 5.83. The van der Waals surface area contributed by atoms with Crippen LogP contribution < -0.4 is 4.18 Å². The van der Waals surface area contributed by atoms with Gasteiger partial charge in [-0.1, -0.05) is 27.5 Å². The zero-order valence-corrected chi connectivity index (χ0v) is 14.1. The summed E-state index contributed by atoms with van der Waals surface area (Å²) >= 11 is 12.1. The Bertz CT molecular complexity index is 699. The summed E-state index contributed by atoms with van der Waals surface area (Å²) in [5, 5.41) is 0.508. The predicted octanol–water partition coefficient (Wildman–Crippen LogP) is 4.63. The Morgan fingerprint density at radius 1 is 1.00 bits per heavy atom. The summed E-state index contributed by atoms with van der Waals surface area (Å²) in [5.74, 6) is 0.205. The molecule has 0 aromatic heterocycles. The fourth-order valence-corrected chi connectivity index (χ4v) is 3.84. The molecule has 0 unspecified atom stereocenters. The van der Waals surface area contributed by atoms with Crippen LogP contribution in [-0.4, -0.2) is 8.42 Å². The van der Waals surface area contributed by atoms with Crippen molar-refractivity contribution in [3.63, 3.8) is 0 Å². The Kier molecular flexibility index (Phi) is 4.55. The van der Waals surface area contributed by atoms with Crippen LogP contribution in [0.25, 0.3) is 0 Å². The molecular formula is C12H7Br2ClO3S. The van der Waals surface area contributed by atoms with Gasteiger partial charge in [0, 0.05) is 14.0 Å². The largest absolute Gasteiger partial charge is 0.379 e. The average molecular weight is 427 g/mol. The van der Waals surface area contributed by atoms with E-state index in [0.717, 1.165) is 0 Å². The fraction of sp³-hybridized carbons (Fsp3) is 0. The van der Waals surface area contributed by atoms with Gasteiger partial charge in [-0.15, -0.1) is 0 Å². The number of rotatable bonds is 3. The van der Waals surface area contributed by atoms with Crippen molar-refractivity contribution in [2.45, 2.75) is 4.90 Å². The van der Waals surface area contributed by atoms with E-state index in [1.54, 1.807) is 24.3 Å². The van der Waals surface area contributed by atoms with Crippen LogP contribution in [0.5, 0.6) is 5.75 Å². The monoisotopic (exact) mass is 424 g/mol. The van der Waals surface area contributed by atoms with Crippen molar-refractivity contribution in [2.24, 2.45) is 0 Å². The Morgan fingerprint density at radius 2 is 1.63 bits per heavy atom. The number of halogens is 3. The third-order valence-electron chi connectivity index (χ3n) is 2.18. The summed E-state index contributed by atoms with van der Waals surface area (Å²) in [7, 11) is -3.90. The topological polar surface area (TPSA) is 43.4 Å². The molecule has 2 aromatic rings. The van der Waals surface area contributed by atoms with Gasteiger partial charge in [0.25, 0.3) is 0 Å². The lowest BCUT2D eigenvalue weighted by molar-refractivity contribution is 0.485. The molecule has 3 nitrogen and oxygen atoms in total. The quantitative estimate of drug-likeness (QED) is 0.672. The van der Waals surface area contributed by atoms with E-state index < -0.39 is 10.1 Å². The minimum Gasteiger partial charge on any atom is -0.379 e. The fourth-order valence-electron chi connectivity index (χ4n) is 1.33. The molecular weight excluding hydrogens is 419 g/mol. The molecule has 0 amide bonds. The van der Waals surface area contributed by atoms with Gasteiger partial charge in [-0.2, -0.15) is 8.42 Å². The van der Waals surface area contributed by atoms with Crippen molar-refractivity contribution in [1.29, 1.82) is 0 Å². The van der Waals surface area contributed by atoms with Gasteiger partial charge in [0.15, 0.2) is 0 Å². The van der Waals surface area contributed by atoms with Gasteiger partial charge in [0.2, 0.25) is 0 Å². The molecule has 7 heteroatoms. The number of hydrogen-bond donors (Lipinski definition) is 0. The minimum absolute atomic E-state index is 0.0526. The first kappa shape index (κ1) is 14.8. The average Bonchev–Trinajstić information content (AvgIpc) is 2.35. The van der Waals surface area contributed by atoms with Crippen LogP contribution in [-0.2, 0) is 10.1 Å². The lowest BCUT2D eigenvalue weighted by atomic mass is 10.3. The van der Waals surface area contributed by atoms with Crippen LogP contribution in [0.2, 0.25) is 5.02 Å². The van der Waals surface area contributed by atoms with Crippen molar-refractivity contribution in [1.82, 2.24) is 0 Å². The van der Waals surface area contributed by atoms with Crippen molar-refractivity contribution in [3.05, 3.63) is 56.4 Å². The SMILES string of the molecule is O=S(=O)(Oc1ccc(Cl)cc1)c1cc(Br)ccc1Br. The molecule has 0 saturated carbocycles. The first-order chi connectivity index (χ1) is 8.88. The smallest absolute Gasteiger partial charge is 0.340 e. The van der Waals surface area contributed by atoms with Gasteiger partial charge < -0.3 is 4.18 Å². The zero-order valence-electron chi connectivity index (χ0n) is 9.31. The highest BCUT2D eigenvalue weighted by Gasteiger charge is 2.20. The number of hydrogen-bond acceptors (Lipinski definition) is 3. The normalized spacial score (nSPS) is 11.3. The Morgan fingerprint density at radius 3 is 2.26 bits per heavy atom. The third-order valence-corrected chi connectivity index (χ3v) is 5.17. The predicted molar refractivity (Wildman–Crippen MR) is 81.1 cm³/mol. The molecule has 0 bridgehead atoms. The Hall–Kier alpha value is -0.560. The molecule has 0 heterocycles. The van der Waals surface area contributed by atoms with Crippen LogP contribution in [0.4, 0.5) is 0 Å². The second-order valence-corrected chi connectivity index (χ2v) is 7.29. The maximum Gasteiger partial charge on any atom is 0.340 e. The zero-order chi connectivity index (χ0) is 14.0. The maximum atomic E-state index is 12.2. The van der Waals surface area contributed by atoms with E-state index >= 15 is 0 Å². The molecule has 0 spiro atoms. The first-order valence-electron chi connectivity index (χ1n) is 5.03. The van der Waals surface area contributed by atoms with Gasteiger partial charge in [-0.3, -0.25) is 0 Å². The molecule has 0 saturated heterocycles. The molecule has 0 aliphatic carbocycles. The highest BCUT2D eigenvalue weighted by Crippen LogP contribution is 2.28. The summed E-state index contributed by atoms with van der Waals surface area (Å²) in [5.41, 5.74) is 0.